The standard InChI is InChI=1S/C15H24N2O2/c18-14(12-2-1-3-16-12)17-13-10-4-9-5-11(13)8-15(19,6-9)7-10/h9-13,16,19H,1-8H2,(H,17,18). The van der Waals surface area contributed by atoms with Crippen LogP contribution >= 0.6 is 0 Å². The third-order valence-electron chi connectivity index (χ3n) is 5.93. The fourth-order valence-electron chi connectivity index (χ4n) is 5.39. The second-order valence-electron chi connectivity index (χ2n) is 7.38. The van der Waals surface area contributed by atoms with Gasteiger partial charge in [0.1, 0.15) is 0 Å². The minimum Gasteiger partial charge on any atom is -0.390 e. The highest BCUT2D eigenvalue weighted by atomic mass is 16.3. The van der Waals surface area contributed by atoms with Crippen molar-refractivity contribution in [2.45, 2.75) is 62.6 Å². The molecule has 4 heteroatoms. The molecule has 3 N–H and O–H groups in total. The Morgan fingerprint density at radius 3 is 2.53 bits per heavy atom. The quantitative estimate of drug-likeness (QED) is 0.691. The van der Waals surface area contributed by atoms with E-state index in [1.807, 2.05) is 0 Å². The molecule has 1 amide bonds. The zero-order chi connectivity index (χ0) is 13.0. The molecule has 0 aromatic carbocycles. The lowest BCUT2D eigenvalue weighted by Crippen LogP contribution is -2.62. The van der Waals surface area contributed by atoms with E-state index >= 15 is 0 Å². The molecule has 3 unspecified atom stereocenters. The Kier molecular flexibility index (Phi) is 2.68. The summed E-state index contributed by atoms with van der Waals surface area (Å²) in [5, 5.41) is 17.1. The normalized spacial score (nSPS) is 51.5. The monoisotopic (exact) mass is 264 g/mol. The van der Waals surface area contributed by atoms with Crippen LogP contribution in [0.15, 0.2) is 0 Å². The maximum absolute atomic E-state index is 12.3. The molecule has 1 aliphatic heterocycles. The number of amides is 1. The molecule has 5 rings (SSSR count). The molecule has 4 nitrogen and oxygen atoms in total. The molecule has 19 heavy (non-hydrogen) atoms. The SMILES string of the molecule is O=C(NC1C2CC3CC1CC(O)(C3)C2)C1CCCN1. The molecule has 0 aromatic rings. The van der Waals surface area contributed by atoms with Crippen molar-refractivity contribution in [1.82, 2.24) is 10.6 Å². The van der Waals surface area contributed by atoms with Crippen molar-refractivity contribution >= 4 is 5.91 Å². The molecule has 5 aliphatic rings. The first kappa shape index (κ1) is 12.2. The molecule has 4 saturated carbocycles. The summed E-state index contributed by atoms with van der Waals surface area (Å²) in [5.74, 6) is 1.94. The van der Waals surface area contributed by atoms with Crippen LogP contribution in [0.2, 0.25) is 0 Å². The number of aliphatic hydroxyl groups is 1. The largest absolute Gasteiger partial charge is 0.390 e. The van der Waals surface area contributed by atoms with Crippen LogP contribution in [-0.4, -0.2) is 35.2 Å². The van der Waals surface area contributed by atoms with Crippen molar-refractivity contribution in [3.8, 4) is 0 Å². The van der Waals surface area contributed by atoms with Crippen LogP contribution in [0.25, 0.3) is 0 Å². The molecule has 106 valence electrons. The van der Waals surface area contributed by atoms with Gasteiger partial charge in [-0.05, 0) is 69.2 Å². The number of nitrogens with one attached hydrogen (secondary N) is 2. The summed E-state index contributed by atoms with van der Waals surface area (Å²) in [5.41, 5.74) is -0.399. The fraction of sp³-hybridized carbons (Fsp3) is 0.933. The zero-order valence-electron chi connectivity index (χ0n) is 11.4. The van der Waals surface area contributed by atoms with Crippen LogP contribution in [0, 0.1) is 17.8 Å². The maximum atomic E-state index is 12.3. The summed E-state index contributed by atoms with van der Waals surface area (Å²) in [6, 6.07) is 0.354. The maximum Gasteiger partial charge on any atom is 0.237 e. The number of rotatable bonds is 2. The van der Waals surface area contributed by atoms with Gasteiger partial charge < -0.3 is 15.7 Å². The predicted octanol–water partition coefficient (Wildman–Crippen LogP) is 0.794. The fourth-order valence-corrected chi connectivity index (χ4v) is 5.39. The van der Waals surface area contributed by atoms with E-state index in [0.29, 0.717) is 23.8 Å². The zero-order valence-corrected chi connectivity index (χ0v) is 11.4. The Labute approximate surface area is 114 Å². The average molecular weight is 264 g/mol. The summed E-state index contributed by atoms with van der Waals surface area (Å²) < 4.78 is 0. The van der Waals surface area contributed by atoms with Crippen LogP contribution in [-0.2, 0) is 4.79 Å². The molecule has 5 fully saturated rings. The van der Waals surface area contributed by atoms with E-state index < -0.39 is 5.60 Å². The van der Waals surface area contributed by atoms with Crippen LogP contribution in [0.4, 0.5) is 0 Å². The van der Waals surface area contributed by atoms with E-state index in [1.165, 1.54) is 12.8 Å². The third kappa shape index (κ3) is 2.00. The molecular weight excluding hydrogens is 240 g/mol. The molecule has 3 atom stereocenters. The number of hydrogen-bond donors (Lipinski definition) is 3. The van der Waals surface area contributed by atoms with Gasteiger partial charge in [-0.25, -0.2) is 0 Å². The van der Waals surface area contributed by atoms with Gasteiger partial charge in [-0.15, -0.1) is 0 Å². The lowest BCUT2D eigenvalue weighted by molar-refractivity contribution is -0.147. The van der Waals surface area contributed by atoms with Crippen molar-refractivity contribution in [3.63, 3.8) is 0 Å². The second-order valence-corrected chi connectivity index (χ2v) is 7.38. The predicted molar refractivity (Wildman–Crippen MR) is 71.5 cm³/mol. The van der Waals surface area contributed by atoms with Crippen LogP contribution in [0.5, 0.6) is 0 Å². The Morgan fingerprint density at radius 1 is 1.21 bits per heavy atom. The summed E-state index contributed by atoms with van der Waals surface area (Å²) in [6.07, 6.45) is 7.32. The molecule has 1 heterocycles. The lowest BCUT2D eigenvalue weighted by Gasteiger charge is -2.58. The number of carbonyl (C=O) groups excluding carboxylic acids is 1. The Balaban J connectivity index is 1.46. The molecule has 4 bridgehead atoms. The van der Waals surface area contributed by atoms with Crippen molar-refractivity contribution in [3.05, 3.63) is 0 Å². The van der Waals surface area contributed by atoms with Gasteiger partial charge in [0.25, 0.3) is 0 Å². The third-order valence-corrected chi connectivity index (χ3v) is 5.93. The first-order chi connectivity index (χ1) is 9.13. The first-order valence-corrected chi connectivity index (χ1v) is 7.89. The highest BCUT2D eigenvalue weighted by molar-refractivity contribution is 5.82. The van der Waals surface area contributed by atoms with Gasteiger partial charge in [-0.3, -0.25) is 4.79 Å². The Bertz CT molecular complexity index is 376. The van der Waals surface area contributed by atoms with Gasteiger partial charge in [0.2, 0.25) is 5.91 Å². The highest BCUT2D eigenvalue weighted by Crippen LogP contribution is 2.55. The average Bonchev–Trinajstić information content (AvgIpc) is 2.85. The van der Waals surface area contributed by atoms with E-state index in [9.17, 15) is 9.90 Å². The summed E-state index contributed by atoms with van der Waals surface area (Å²) in [7, 11) is 0. The number of hydrogen-bond acceptors (Lipinski definition) is 3. The van der Waals surface area contributed by atoms with Crippen LogP contribution in [0.3, 0.4) is 0 Å². The number of carbonyl (C=O) groups is 1. The molecule has 0 spiro atoms. The second kappa shape index (κ2) is 4.19. The van der Waals surface area contributed by atoms with E-state index in [0.717, 1.165) is 38.6 Å². The molecule has 0 radical (unpaired) electrons. The van der Waals surface area contributed by atoms with Crippen molar-refractivity contribution in [2.75, 3.05) is 6.54 Å². The summed E-state index contributed by atoms with van der Waals surface area (Å²) in [4.78, 5) is 12.3. The van der Waals surface area contributed by atoms with E-state index in [-0.39, 0.29) is 11.9 Å². The van der Waals surface area contributed by atoms with Gasteiger partial charge in [0.15, 0.2) is 0 Å². The molecular formula is C15H24N2O2. The van der Waals surface area contributed by atoms with E-state index in [2.05, 4.69) is 10.6 Å². The van der Waals surface area contributed by atoms with Gasteiger partial charge >= 0.3 is 0 Å². The first-order valence-electron chi connectivity index (χ1n) is 7.89. The van der Waals surface area contributed by atoms with E-state index in [1.54, 1.807) is 0 Å². The molecule has 4 aliphatic carbocycles. The van der Waals surface area contributed by atoms with Crippen molar-refractivity contribution < 1.29 is 9.90 Å². The lowest BCUT2D eigenvalue weighted by atomic mass is 9.52. The topological polar surface area (TPSA) is 61.4 Å². The highest BCUT2D eigenvalue weighted by Gasteiger charge is 2.55. The minimum atomic E-state index is -0.399. The van der Waals surface area contributed by atoms with Gasteiger partial charge in [-0.2, -0.15) is 0 Å². The molecule has 0 aromatic heterocycles. The summed E-state index contributed by atoms with van der Waals surface area (Å²) >= 11 is 0. The van der Waals surface area contributed by atoms with Gasteiger partial charge in [0.05, 0.1) is 11.6 Å². The minimum absolute atomic E-state index is 0.0280. The Hall–Kier alpha value is -0.610. The Morgan fingerprint density at radius 2 is 1.95 bits per heavy atom. The van der Waals surface area contributed by atoms with Gasteiger partial charge in [-0.1, -0.05) is 0 Å². The van der Waals surface area contributed by atoms with E-state index in [4.69, 9.17) is 0 Å². The van der Waals surface area contributed by atoms with Gasteiger partial charge in [0, 0.05) is 6.04 Å². The summed E-state index contributed by atoms with van der Waals surface area (Å²) in [6.45, 7) is 0.970. The van der Waals surface area contributed by atoms with Crippen LogP contribution < -0.4 is 10.6 Å². The smallest absolute Gasteiger partial charge is 0.237 e. The molecule has 1 saturated heterocycles. The van der Waals surface area contributed by atoms with Crippen molar-refractivity contribution in [2.24, 2.45) is 17.8 Å². The van der Waals surface area contributed by atoms with Crippen molar-refractivity contribution in [1.29, 1.82) is 0 Å². The van der Waals surface area contributed by atoms with Crippen LogP contribution in [0.1, 0.15) is 44.9 Å².